The SMILES string of the molecule is CCCCCC/C=C\C/C=C\CCCCCCCCCC(=O)OCCCCCCCC/C=C\CCCCCC(=O)NC(CO)C(O)CCCCCCCCCCCCCCCCCCCC. The van der Waals surface area contributed by atoms with E-state index in [9.17, 15) is 19.8 Å². The maximum atomic E-state index is 12.5. The van der Waals surface area contributed by atoms with Crippen molar-refractivity contribution in [3.05, 3.63) is 36.5 Å². The molecule has 66 heavy (non-hydrogen) atoms. The second-order valence-electron chi connectivity index (χ2n) is 20.0. The maximum absolute atomic E-state index is 12.5. The summed E-state index contributed by atoms with van der Waals surface area (Å²) in [5.41, 5.74) is 0. The van der Waals surface area contributed by atoms with Crippen LogP contribution in [0.3, 0.4) is 0 Å². The number of carbonyl (C=O) groups is 2. The van der Waals surface area contributed by atoms with Crippen molar-refractivity contribution in [3.63, 3.8) is 0 Å². The largest absolute Gasteiger partial charge is 0.466 e. The van der Waals surface area contributed by atoms with E-state index in [0.717, 1.165) is 77.0 Å². The lowest BCUT2D eigenvalue weighted by Gasteiger charge is -2.22. The van der Waals surface area contributed by atoms with Crippen LogP contribution in [0, 0.1) is 0 Å². The van der Waals surface area contributed by atoms with E-state index < -0.39 is 12.1 Å². The van der Waals surface area contributed by atoms with Gasteiger partial charge in [0.15, 0.2) is 0 Å². The third-order valence-corrected chi connectivity index (χ3v) is 13.4. The van der Waals surface area contributed by atoms with E-state index in [1.807, 2.05) is 0 Å². The molecule has 0 fully saturated rings. The Morgan fingerprint density at radius 1 is 0.424 bits per heavy atom. The zero-order valence-corrected chi connectivity index (χ0v) is 44.2. The van der Waals surface area contributed by atoms with Gasteiger partial charge in [0, 0.05) is 12.8 Å². The molecule has 0 aromatic rings. The number of aliphatic hydroxyl groups is 2. The molecule has 0 saturated heterocycles. The average Bonchev–Trinajstić information content (AvgIpc) is 3.32. The van der Waals surface area contributed by atoms with Gasteiger partial charge in [-0.15, -0.1) is 0 Å². The van der Waals surface area contributed by atoms with Crippen LogP contribution < -0.4 is 5.32 Å². The number of esters is 1. The molecule has 0 heterocycles. The summed E-state index contributed by atoms with van der Waals surface area (Å²) in [6.45, 7) is 4.90. The number of unbranched alkanes of at least 4 members (excludes halogenated alkanes) is 37. The van der Waals surface area contributed by atoms with Crippen LogP contribution in [0.1, 0.15) is 309 Å². The second kappa shape index (κ2) is 55.7. The highest BCUT2D eigenvalue weighted by molar-refractivity contribution is 5.76. The zero-order chi connectivity index (χ0) is 47.9. The van der Waals surface area contributed by atoms with Crippen LogP contribution in [0.2, 0.25) is 0 Å². The van der Waals surface area contributed by atoms with Crippen LogP contribution in [-0.2, 0) is 14.3 Å². The number of rotatable bonds is 54. The number of hydrogen-bond donors (Lipinski definition) is 3. The summed E-state index contributed by atoms with van der Waals surface area (Å²) >= 11 is 0. The first-order chi connectivity index (χ1) is 32.5. The van der Waals surface area contributed by atoms with E-state index in [2.05, 4.69) is 55.6 Å². The van der Waals surface area contributed by atoms with E-state index in [0.29, 0.717) is 25.9 Å². The molecule has 1 amide bonds. The fourth-order valence-electron chi connectivity index (χ4n) is 8.90. The van der Waals surface area contributed by atoms with Crippen LogP contribution in [0.5, 0.6) is 0 Å². The second-order valence-corrected chi connectivity index (χ2v) is 20.0. The molecule has 0 bridgehead atoms. The molecule has 3 N–H and O–H groups in total. The van der Waals surface area contributed by atoms with Crippen LogP contribution in [-0.4, -0.2) is 47.4 Å². The fraction of sp³-hybridized carbons (Fsp3) is 0.867. The van der Waals surface area contributed by atoms with Gasteiger partial charge in [0.2, 0.25) is 5.91 Å². The van der Waals surface area contributed by atoms with E-state index in [1.165, 1.54) is 199 Å². The number of allylic oxidation sites excluding steroid dienone is 6. The summed E-state index contributed by atoms with van der Waals surface area (Å²) in [4.78, 5) is 24.6. The van der Waals surface area contributed by atoms with Crippen molar-refractivity contribution in [1.82, 2.24) is 5.32 Å². The monoisotopic (exact) mass is 928 g/mol. The van der Waals surface area contributed by atoms with Gasteiger partial charge < -0.3 is 20.3 Å². The Bertz CT molecular complexity index is 1070. The third-order valence-electron chi connectivity index (χ3n) is 13.4. The molecular weight excluding hydrogens is 815 g/mol. The smallest absolute Gasteiger partial charge is 0.305 e. The van der Waals surface area contributed by atoms with Crippen molar-refractivity contribution >= 4 is 11.9 Å². The maximum Gasteiger partial charge on any atom is 0.305 e. The Hall–Kier alpha value is -1.92. The molecular formula is C60H113NO5. The van der Waals surface area contributed by atoms with E-state index in [-0.39, 0.29) is 18.5 Å². The molecule has 0 aromatic carbocycles. The lowest BCUT2D eigenvalue weighted by Crippen LogP contribution is -2.45. The molecule has 388 valence electrons. The van der Waals surface area contributed by atoms with Crippen LogP contribution >= 0.6 is 0 Å². The first kappa shape index (κ1) is 64.1. The number of nitrogens with one attached hydrogen (secondary N) is 1. The molecule has 6 heteroatoms. The summed E-state index contributed by atoms with van der Waals surface area (Å²) < 4.78 is 5.47. The van der Waals surface area contributed by atoms with Crippen molar-refractivity contribution in [3.8, 4) is 0 Å². The summed E-state index contributed by atoms with van der Waals surface area (Å²) in [5.74, 6) is -0.0835. The Kier molecular flexibility index (Phi) is 54.1. The summed E-state index contributed by atoms with van der Waals surface area (Å²) in [6, 6.07) is -0.563. The molecule has 0 rings (SSSR count). The molecule has 0 aromatic heterocycles. The number of hydrogen-bond acceptors (Lipinski definition) is 5. The van der Waals surface area contributed by atoms with Crippen LogP contribution in [0.25, 0.3) is 0 Å². The van der Waals surface area contributed by atoms with Crippen molar-refractivity contribution in [1.29, 1.82) is 0 Å². The van der Waals surface area contributed by atoms with Gasteiger partial charge in [0.25, 0.3) is 0 Å². The molecule has 6 nitrogen and oxygen atoms in total. The molecule has 0 spiro atoms. The number of ether oxygens (including phenoxy) is 1. The first-order valence-electron chi connectivity index (χ1n) is 29.2. The Labute approximate surface area is 411 Å². The Morgan fingerprint density at radius 3 is 1.20 bits per heavy atom. The lowest BCUT2D eigenvalue weighted by molar-refractivity contribution is -0.143. The summed E-state index contributed by atoms with van der Waals surface area (Å²) in [6.07, 6.45) is 68.4. The highest BCUT2D eigenvalue weighted by atomic mass is 16.5. The number of carbonyl (C=O) groups excluding carboxylic acids is 2. The normalized spacial score (nSPS) is 12.8. The van der Waals surface area contributed by atoms with Crippen LogP contribution in [0.4, 0.5) is 0 Å². The van der Waals surface area contributed by atoms with Gasteiger partial charge in [-0.05, 0) is 83.5 Å². The van der Waals surface area contributed by atoms with Crippen molar-refractivity contribution < 1.29 is 24.5 Å². The number of amides is 1. The van der Waals surface area contributed by atoms with E-state index in [4.69, 9.17) is 4.74 Å². The lowest BCUT2D eigenvalue weighted by atomic mass is 10.0. The van der Waals surface area contributed by atoms with Gasteiger partial charge in [0.05, 0.1) is 25.4 Å². The zero-order valence-electron chi connectivity index (χ0n) is 44.2. The molecule has 0 aliphatic rings. The van der Waals surface area contributed by atoms with E-state index >= 15 is 0 Å². The molecule has 0 aliphatic carbocycles. The standard InChI is InChI=1S/C60H113NO5/c1-3-5-7-9-11-13-15-17-19-21-23-25-28-32-36-40-44-48-52-58(63)57(56-62)61-59(64)53-49-45-41-37-33-29-27-31-35-39-43-47-51-55-66-60(65)54-50-46-42-38-34-30-26-24-22-20-18-16-14-12-10-8-6-4-2/h14,16,20,22,29,33,57-58,62-63H,3-13,15,17-19,21,23-28,30-32,34-56H2,1-2H3,(H,61,64)/b16-14-,22-20-,33-29-. The molecule has 0 aliphatic heterocycles. The third kappa shape index (κ3) is 51.5. The predicted octanol–water partition coefficient (Wildman–Crippen LogP) is 18.0. The Morgan fingerprint density at radius 2 is 0.758 bits per heavy atom. The average molecular weight is 929 g/mol. The van der Waals surface area contributed by atoms with Gasteiger partial charge in [-0.1, -0.05) is 249 Å². The van der Waals surface area contributed by atoms with Gasteiger partial charge in [-0.3, -0.25) is 9.59 Å². The molecule has 0 radical (unpaired) electrons. The predicted molar refractivity (Wildman–Crippen MR) is 287 cm³/mol. The van der Waals surface area contributed by atoms with Crippen molar-refractivity contribution in [2.24, 2.45) is 0 Å². The van der Waals surface area contributed by atoms with E-state index in [1.54, 1.807) is 0 Å². The summed E-state index contributed by atoms with van der Waals surface area (Å²) in [5, 5.41) is 23.3. The van der Waals surface area contributed by atoms with Gasteiger partial charge in [-0.2, -0.15) is 0 Å². The molecule has 2 unspecified atom stereocenters. The van der Waals surface area contributed by atoms with Gasteiger partial charge in [-0.25, -0.2) is 0 Å². The minimum atomic E-state index is -0.683. The summed E-state index contributed by atoms with van der Waals surface area (Å²) in [7, 11) is 0. The Balaban J connectivity index is 3.49. The molecule has 2 atom stereocenters. The van der Waals surface area contributed by atoms with Gasteiger partial charge >= 0.3 is 5.97 Å². The minimum Gasteiger partial charge on any atom is -0.466 e. The van der Waals surface area contributed by atoms with Gasteiger partial charge in [0.1, 0.15) is 0 Å². The van der Waals surface area contributed by atoms with Crippen LogP contribution in [0.15, 0.2) is 36.5 Å². The number of aliphatic hydroxyl groups excluding tert-OH is 2. The van der Waals surface area contributed by atoms with Crippen molar-refractivity contribution in [2.75, 3.05) is 13.2 Å². The highest BCUT2D eigenvalue weighted by Gasteiger charge is 2.20. The fourth-order valence-corrected chi connectivity index (χ4v) is 8.90. The highest BCUT2D eigenvalue weighted by Crippen LogP contribution is 2.17. The van der Waals surface area contributed by atoms with Crippen molar-refractivity contribution in [2.45, 2.75) is 321 Å². The first-order valence-corrected chi connectivity index (χ1v) is 29.2. The topological polar surface area (TPSA) is 95.9 Å². The minimum absolute atomic E-state index is 0.0197. The molecule has 0 saturated carbocycles. The quantitative estimate of drug-likeness (QED) is 0.0321.